The van der Waals surface area contributed by atoms with Crippen LogP contribution in [0.2, 0.25) is 0 Å². The van der Waals surface area contributed by atoms with Gasteiger partial charge in [-0.1, -0.05) is 15.9 Å². The molecule has 6 heteroatoms. The van der Waals surface area contributed by atoms with Crippen LogP contribution in [-0.2, 0) is 12.6 Å². The van der Waals surface area contributed by atoms with Crippen molar-refractivity contribution in [2.24, 2.45) is 0 Å². The van der Waals surface area contributed by atoms with E-state index in [-0.39, 0.29) is 0 Å². The molecule has 1 unspecified atom stereocenters. The van der Waals surface area contributed by atoms with Crippen molar-refractivity contribution in [3.8, 4) is 0 Å². The van der Waals surface area contributed by atoms with Gasteiger partial charge in [0.25, 0.3) is 0 Å². The fourth-order valence-electron chi connectivity index (χ4n) is 1.69. The number of rotatable bonds is 3. The Morgan fingerprint density at radius 3 is 2.58 bits per heavy atom. The van der Waals surface area contributed by atoms with Gasteiger partial charge in [0.15, 0.2) is 0 Å². The molecular formula is C13H9BrClF3S. The van der Waals surface area contributed by atoms with E-state index in [0.717, 1.165) is 17.7 Å². The topological polar surface area (TPSA) is 0 Å². The fourth-order valence-corrected chi connectivity index (χ4v) is 3.38. The maximum Gasteiger partial charge on any atom is 0.416 e. The van der Waals surface area contributed by atoms with Crippen molar-refractivity contribution in [3.05, 3.63) is 56.2 Å². The largest absolute Gasteiger partial charge is 0.416 e. The summed E-state index contributed by atoms with van der Waals surface area (Å²) in [7, 11) is 0. The second kappa shape index (κ2) is 5.85. The van der Waals surface area contributed by atoms with Gasteiger partial charge in [0.05, 0.1) is 10.9 Å². The highest BCUT2D eigenvalue weighted by atomic mass is 79.9. The van der Waals surface area contributed by atoms with Crippen LogP contribution in [0.25, 0.3) is 0 Å². The van der Waals surface area contributed by atoms with Crippen molar-refractivity contribution < 1.29 is 13.2 Å². The van der Waals surface area contributed by atoms with Crippen LogP contribution in [0.1, 0.15) is 22.1 Å². The normalized spacial score (nSPS) is 13.5. The van der Waals surface area contributed by atoms with Crippen LogP contribution < -0.4 is 0 Å². The van der Waals surface area contributed by atoms with Crippen LogP contribution in [0, 0.1) is 0 Å². The van der Waals surface area contributed by atoms with E-state index >= 15 is 0 Å². The molecule has 102 valence electrons. The van der Waals surface area contributed by atoms with Crippen LogP contribution in [-0.4, -0.2) is 0 Å². The second-order valence-corrected chi connectivity index (χ2v) is 6.20. The first kappa shape index (κ1) is 14.9. The van der Waals surface area contributed by atoms with Crippen molar-refractivity contribution >= 4 is 38.9 Å². The standard InChI is InChI=1S/C13H9BrClF3S/c14-11-2-1-9(13(16,17)18)6-10(11)12(15)5-8-3-4-19-7-8/h1-4,6-7,12H,5H2. The van der Waals surface area contributed by atoms with E-state index in [9.17, 15) is 13.2 Å². The first-order valence-corrected chi connectivity index (χ1v) is 7.57. The highest BCUT2D eigenvalue weighted by molar-refractivity contribution is 9.10. The zero-order valence-corrected chi connectivity index (χ0v) is 12.7. The summed E-state index contributed by atoms with van der Waals surface area (Å²) in [6, 6.07) is 5.46. The lowest BCUT2D eigenvalue weighted by atomic mass is 10.0. The Kier molecular flexibility index (Phi) is 4.58. The Morgan fingerprint density at radius 1 is 1.26 bits per heavy atom. The maximum absolute atomic E-state index is 12.7. The van der Waals surface area contributed by atoms with Gasteiger partial charge >= 0.3 is 6.18 Å². The van der Waals surface area contributed by atoms with E-state index in [1.54, 1.807) is 0 Å². The number of benzene rings is 1. The SMILES string of the molecule is FC(F)(F)c1ccc(Br)c(C(Cl)Cc2ccsc2)c1. The van der Waals surface area contributed by atoms with Crippen LogP contribution >= 0.6 is 38.9 Å². The molecule has 0 radical (unpaired) electrons. The Hall–Kier alpha value is -0.520. The fraction of sp³-hybridized carbons (Fsp3) is 0.231. The summed E-state index contributed by atoms with van der Waals surface area (Å²) < 4.78 is 38.6. The maximum atomic E-state index is 12.7. The molecule has 0 bridgehead atoms. The van der Waals surface area contributed by atoms with Crippen LogP contribution in [0.5, 0.6) is 0 Å². The molecule has 0 aliphatic heterocycles. The number of halogens is 5. The monoisotopic (exact) mass is 368 g/mol. The van der Waals surface area contributed by atoms with E-state index in [1.807, 2.05) is 16.8 Å². The van der Waals surface area contributed by atoms with Crippen molar-refractivity contribution in [1.29, 1.82) is 0 Å². The predicted octanol–water partition coefficient (Wildman–Crippen LogP) is 6.05. The van der Waals surface area contributed by atoms with Crippen LogP contribution in [0.4, 0.5) is 13.2 Å². The van der Waals surface area contributed by atoms with Gasteiger partial charge in [-0.05, 0) is 52.6 Å². The predicted molar refractivity (Wildman–Crippen MR) is 75.8 cm³/mol. The lowest BCUT2D eigenvalue weighted by Gasteiger charge is -2.14. The van der Waals surface area contributed by atoms with Gasteiger partial charge in [0, 0.05) is 4.47 Å². The summed E-state index contributed by atoms with van der Waals surface area (Å²) in [5.74, 6) is 0. The molecule has 0 saturated heterocycles. The van der Waals surface area contributed by atoms with Gasteiger partial charge in [-0.15, -0.1) is 11.6 Å². The summed E-state index contributed by atoms with van der Waals surface area (Å²) in [4.78, 5) is 0. The summed E-state index contributed by atoms with van der Waals surface area (Å²) in [5, 5.41) is 3.36. The second-order valence-electron chi connectivity index (χ2n) is 4.04. The third-order valence-electron chi connectivity index (χ3n) is 2.66. The molecular weight excluding hydrogens is 361 g/mol. The molecule has 0 nitrogen and oxygen atoms in total. The quantitative estimate of drug-likeness (QED) is 0.578. The van der Waals surface area contributed by atoms with E-state index < -0.39 is 17.1 Å². The van der Waals surface area contributed by atoms with Gasteiger partial charge in [-0.3, -0.25) is 0 Å². The van der Waals surface area contributed by atoms with Crippen molar-refractivity contribution in [3.63, 3.8) is 0 Å². The van der Waals surface area contributed by atoms with Crippen molar-refractivity contribution in [1.82, 2.24) is 0 Å². The van der Waals surface area contributed by atoms with Crippen LogP contribution in [0.15, 0.2) is 39.5 Å². The molecule has 19 heavy (non-hydrogen) atoms. The molecule has 1 heterocycles. The minimum absolute atomic E-state index is 0.461. The molecule has 1 aromatic carbocycles. The number of thiophene rings is 1. The van der Waals surface area contributed by atoms with E-state index in [2.05, 4.69) is 15.9 Å². The molecule has 2 aromatic rings. The molecule has 0 saturated carbocycles. The molecule has 0 N–H and O–H groups in total. The highest BCUT2D eigenvalue weighted by Gasteiger charge is 2.31. The highest BCUT2D eigenvalue weighted by Crippen LogP contribution is 2.37. The zero-order chi connectivity index (χ0) is 14.0. The number of alkyl halides is 4. The average Bonchev–Trinajstić information content (AvgIpc) is 2.80. The zero-order valence-electron chi connectivity index (χ0n) is 9.55. The van der Waals surface area contributed by atoms with E-state index in [1.165, 1.54) is 17.4 Å². The van der Waals surface area contributed by atoms with Gasteiger partial charge in [0.1, 0.15) is 0 Å². The summed E-state index contributed by atoms with van der Waals surface area (Å²) in [5.41, 5.74) is 0.804. The molecule has 0 aliphatic carbocycles. The smallest absolute Gasteiger partial charge is 0.166 e. The third-order valence-corrected chi connectivity index (χ3v) is 4.50. The van der Waals surface area contributed by atoms with Gasteiger partial charge < -0.3 is 0 Å². The molecule has 0 spiro atoms. The molecule has 0 aliphatic rings. The Morgan fingerprint density at radius 2 is 2.00 bits per heavy atom. The first-order valence-electron chi connectivity index (χ1n) is 5.39. The molecule has 2 rings (SSSR count). The summed E-state index contributed by atoms with van der Waals surface area (Å²) in [6.07, 6.45) is -3.85. The molecule has 0 amide bonds. The van der Waals surface area contributed by atoms with E-state index in [4.69, 9.17) is 11.6 Å². The van der Waals surface area contributed by atoms with Gasteiger partial charge in [-0.2, -0.15) is 24.5 Å². The molecule has 0 fully saturated rings. The summed E-state index contributed by atoms with van der Waals surface area (Å²) >= 11 is 11.0. The average molecular weight is 370 g/mol. The van der Waals surface area contributed by atoms with Crippen molar-refractivity contribution in [2.75, 3.05) is 0 Å². The van der Waals surface area contributed by atoms with Gasteiger partial charge in [-0.25, -0.2) is 0 Å². The lowest BCUT2D eigenvalue weighted by molar-refractivity contribution is -0.137. The summed E-state index contributed by atoms with van der Waals surface area (Å²) in [6.45, 7) is 0. The minimum atomic E-state index is -4.35. The Bertz CT molecular complexity index is 552. The van der Waals surface area contributed by atoms with E-state index in [0.29, 0.717) is 16.5 Å². The van der Waals surface area contributed by atoms with Crippen molar-refractivity contribution in [2.45, 2.75) is 18.0 Å². The number of hydrogen-bond donors (Lipinski definition) is 0. The Labute approximate surface area is 126 Å². The first-order chi connectivity index (χ1) is 8.88. The third kappa shape index (κ3) is 3.74. The molecule has 1 atom stereocenters. The number of hydrogen-bond acceptors (Lipinski definition) is 1. The molecule has 1 aromatic heterocycles. The lowest BCUT2D eigenvalue weighted by Crippen LogP contribution is -2.07. The minimum Gasteiger partial charge on any atom is -0.166 e. The van der Waals surface area contributed by atoms with Gasteiger partial charge in [0.2, 0.25) is 0 Å². The van der Waals surface area contributed by atoms with Crippen LogP contribution in [0.3, 0.4) is 0 Å². The Balaban J connectivity index is 2.28.